The largest absolute Gasteiger partial charge is 0.460 e. The Balaban J connectivity index is 1.16. The molecule has 0 saturated carbocycles. The maximum Gasteiger partial charge on any atom is 0.254 e. The first kappa shape index (κ1) is 35.2. The average Bonchev–Trinajstić information content (AvgIpc) is 3.82. The number of primary amides is 1. The van der Waals surface area contributed by atoms with Gasteiger partial charge >= 0.3 is 0 Å². The number of amides is 1. The van der Waals surface area contributed by atoms with Gasteiger partial charge in [-0.25, -0.2) is 19.9 Å². The van der Waals surface area contributed by atoms with E-state index in [-0.39, 0.29) is 43.5 Å². The van der Waals surface area contributed by atoms with Crippen molar-refractivity contribution >= 4 is 51.2 Å². The third kappa shape index (κ3) is 6.65. The van der Waals surface area contributed by atoms with Crippen LogP contribution in [0.15, 0.2) is 91.5 Å². The SMILES string of the molecule is Cc1cc(-c2cc3c(=O)c(C#N)c[nH]c3nc2-c2ccc(CCc3cc(-c4cc5c(=O)c(C(N)=O)c[nH]c5nc4-c4ccc(C)o4)cc(Cl)n3)o2)cc(Cl)n1. The molecule has 8 heterocycles. The standard InChI is InChI=1S/C40H26Cl2N8O5/c1-18-9-20(11-32(41)47-18)25-13-27-36(51)22(15-43)16-45-39(27)50-35(25)31-8-6-24(55-31)5-4-23-10-21(12-33(42)48-23)26-14-28-37(52)29(38(44)53)17-46-40(28)49-34(26)30-7-3-19(2)54-30/h3,6-14,16-17H,4-5H2,1-2H3,(H2,44,53)(H,45,50,51)(H,46,49,52). The van der Waals surface area contributed by atoms with Crippen molar-refractivity contribution in [1.82, 2.24) is 29.9 Å². The summed E-state index contributed by atoms with van der Waals surface area (Å²) in [6.07, 6.45) is 3.40. The van der Waals surface area contributed by atoms with Crippen molar-refractivity contribution in [2.75, 3.05) is 0 Å². The van der Waals surface area contributed by atoms with Crippen LogP contribution in [0.5, 0.6) is 0 Å². The Morgan fingerprint density at radius 1 is 0.764 bits per heavy atom. The predicted octanol–water partition coefficient (Wildman–Crippen LogP) is 7.48. The number of aromatic amines is 2. The monoisotopic (exact) mass is 768 g/mol. The predicted molar refractivity (Wildman–Crippen MR) is 207 cm³/mol. The second-order valence-corrected chi connectivity index (χ2v) is 13.5. The summed E-state index contributed by atoms with van der Waals surface area (Å²) in [5.41, 5.74) is 9.30. The van der Waals surface area contributed by atoms with Crippen LogP contribution >= 0.6 is 23.2 Å². The number of rotatable bonds is 8. The number of pyridine rings is 6. The highest BCUT2D eigenvalue weighted by Gasteiger charge is 2.21. The number of carbonyl (C=O) groups excluding carboxylic acids is 1. The highest BCUT2D eigenvalue weighted by Crippen LogP contribution is 2.37. The zero-order chi connectivity index (χ0) is 38.5. The van der Waals surface area contributed by atoms with Crippen LogP contribution < -0.4 is 16.6 Å². The molecule has 0 atom stereocenters. The number of carbonyl (C=O) groups is 1. The number of hydrogen-bond donors (Lipinski definition) is 3. The molecule has 8 aromatic rings. The minimum Gasteiger partial charge on any atom is -0.460 e. The number of aryl methyl sites for hydroxylation is 4. The Labute approximate surface area is 320 Å². The van der Waals surface area contributed by atoms with Gasteiger partial charge in [-0.1, -0.05) is 23.2 Å². The van der Waals surface area contributed by atoms with Crippen LogP contribution in [0.1, 0.15) is 38.8 Å². The molecule has 15 heteroatoms. The summed E-state index contributed by atoms with van der Waals surface area (Å²) in [5.74, 6) is 1.32. The Morgan fingerprint density at radius 3 is 2.02 bits per heavy atom. The van der Waals surface area contributed by atoms with Crippen molar-refractivity contribution in [2.24, 2.45) is 5.73 Å². The van der Waals surface area contributed by atoms with Crippen LogP contribution in [0.4, 0.5) is 0 Å². The third-order valence-corrected chi connectivity index (χ3v) is 9.39. The smallest absolute Gasteiger partial charge is 0.254 e. The molecule has 0 radical (unpaired) electrons. The van der Waals surface area contributed by atoms with Crippen LogP contribution in [0.3, 0.4) is 0 Å². The molecule has 0 aliphatic rings. The average molecular weight is 770 g/mol. The number of furan rings is 2. The lowest BCUT2D eigenvalue weighted by Crippen LogP contribution is -2.22. The fraction of sp³-hybridized carbons (Fsp3) is 0.100. The van der Waals surface area contributed by atoms with Crippen molar-refractivity contribution in [3.63, 3.8) is 0 Å². The second kappa shape index (κ2) is 13.8. The summed E-state index contributed by atoms with van der Waals surface area (Å²) in [6.45, 7) is 3.62. The lowest BCUT2D eigenvalue weighted by molar-refractivity contribution is 0.0999. The van der Waals surface area contributed by atoms with Crippen molar-refractivity contribution < 1.29 is 13.6 Å². The molecular weight excluding hydrogens is 743 g/mol. The highest BCUT2D eigenvalue weighted by molar-refractivity contribution is 6.30. The normalized spacial score (nSPS) is 11.3. The Morgan fingerprint density at radius 2 is 1.38 bits per heavy atom. The fourth-order valence-electron chi connectivity index (χ4n) is 6.45. The Hall–Kier alpha value is -6.88. The minimum atomic E-state index is -0.862. The van der Waals surface area contributed by atoms with E-state index in [1.54, 1.807) is 49.4 Å². The van der Waals surface area contributed by atoms with E-state index >= 15 is 0 Å². The summed E-state index contributed by atoms with van der Waals surface area (Å²) in [6, 6.07) is 19.4. The fourth-order valence-corrected chi connectivity index (χ4v) is 6.92. The van der Waals surface area contributed by atoms with Crippen molar-refractivity contribution in [1.29, 1.82) is 5.26 Å². The van der Waals surface area contributed by atoms with Gasteiger partial charge in [-0.2, -0.15) is 5.26 Å². The van der Waals surface area contributed by atoms with Crippen LogP contribution in [0.2, 0.25) is 10.3 Å². The van der Waals surface area contributed by atoms with E-state index in [1.807, 2.05) is 31.2 Å². The summed E-state index contributed by atoms with van der Waals surface area (Å²) in [7, 11) is 0. The highest BCUT2D eigenvalue weighted by atomic mass is 35.5. The molecule has 1 amide bonds. The quantitative estimate of drug-likeness (QED) is 0.130. The van der Waals surface area contributed by atoms with Gasteiger partial charge in [-0.05, 0) is 92.1 Å². The molecule has 4 N–H and O–H groups in total. The first-order valence-electron chi connectivity index (χ1n) is 16.8. The molecule has 270 valence electrons. The topological polar surface area (TPSA) is 210 Å². The van der Waals surface area contributed by atoms with Gasteiger partial charge < -0.3 is 24.5 Å². The molecule has 0 aliphatic carbocycles. The molecule has 0 unspecified atom stereocenters. The van der Waals surface area contributed by atoms with Crippen molar-refractivity contribution in [3.8, 4) is 51.2 Å². The number of nitrogens with two attached hydrogens (primary N) is 1. The van der Waals surface area contributed by atoms with E-state index in [2.05, 4.69) is 19.9 Å². The van der Waals surface area contributed by atoms with Gasteiger partial charge in [-0.3, -0.25) is 14.4 Å². The lowest BCUT2D eigenvalue weighted by Gasteiger charge is -2.12. The molecule has 8 rings (SSSR count). The molecule has 13 nitrogen and oxygen atoms in total. The number of aromatic nitrogens is 6. The number of nitrogens with one attached hydrogen (secondary N) is 2. The number of H-pyrrole nitrogens is 2. The zero-order valence-corrected chi connectivity index (χ0v) is 30.5. The molecule has 0 fully saturated rings. The third-order valence-electron chi connectivity index (χ3n) is 9.00. The van der Waals surface area contributed by atoms with Crippen LogP contribution in [0.25, 0.3) is 67.2 Å². The van der Waals surface area contributed by atoms with Gasteiger partial charge in [0.05, 0.1) is 10.8 Å². The van der Waals surface area contributed by atoms with Gasteiger partial charge in [0, 0.05) is 41.3 Å². The maximum atomic E-state index is 13.3. The van der Waals surface area contributed by atoms with Gasteiger partial charge in [0.15, 0.2) is 11.5 Å². The van der Waals surface area contributed by atoms with E-state index in [1.165, 1.54) is 12.4 Å². The molecule has 0 saturated heterocycles. The summed E-state index contributed by atoms with van der Waals surface area (Å²) in [4.78, 5) is 62.5. The number of nitriles is 1. The van der Waals surface area contributed by atoms with Gasteiger partial charge in [-0.15, -0.1) is 0 Å². The Kier molecular flexibility index (Phi) is 8.84. The summed E-state index contributed by atoms with van der Waals surface area (Å²) < 4.78 is 12.3. The van der Waals surface area contributed by atoms with Crippen molar-refractivity contribution in [2.45, 2.75) is 26.7 Å². The first-order valence-corrected chi connectivity index (χ1v) is 17.5. The maximum absolute atomic E-state index is 13.3. The van der Waals surface area contributed by atoms with Gasteiger partial charge in [0.25, 0.3) is 5.91 Å². The molecule has 8 aromatic heterocycles. The molecular formula is C40H26Cl2N8O5. The lowest BCUT2D eigenvalue weighted by atomic mass is 9.99. The van der Waals surface area contributed by atoms with Crippen LogP contribution in [-0.2, 0) is 12.8 Å². The van der Waals surface area contributed by atoms with E-state index < -0.39 is 16.8 Å². The molecule has 0 bridgehead atoms. The van der Waals surface area contributed by atoms with Gasteiger partial charge in [0.2, 0.25) is 10.9 Å². The Bertz CT molecular complexity index is 3030. The van der Waals surface area contributed by atoms with Crippen molar-refractivity contribution in [3.05, 3.63) is 138 Å². The second-order valence-electron chi connectivity index (χ2n) is 12.8. The van der Waals surface area contributed by atoms with E-state index in [9.17, 15) is 19.6 Å². The van der Waals surface area contributed by atoms with E-state index in [0.29, 0.717) is 80.9 Å². The zero-order valence-electron chi connectivity index (χ0n) is 29.0. The molecule has 0 aromatic carbocycles. The van der Waals surface area contributed by atoms with E-state index in [0.717, 1.165) is 0 Å². The number of fused-ring (bicyclic) bond motifs is 2. The summed E-state index contributed by atoms with van der Waals surface area (Å²) in [5, 5.41) is 10.3. The van der Waals surface area contributed by atoms with Gasteiger partial charge in [0.1, 0.15) is 61.7 Å². The molecule has 55 heavy (non-hydrogen) atoms. The molecule has 0 aliphatic heterocycles. The first-order chi connectivity index (χ1) is 26.4. The molecule has 0 spiro atoms. The van der Waals surface area contributed by atoms with Crippen LogP contribution in [-0.4, -0.2) is 35.8 Å². The number of halogens is 2. The van der Waals surface area contributed by atoms with Crippen LogP contribution in [0, 0.1) is 25.2 Å². The minimum absolute atomic E-state index is 0.0370. The number of hydrogen-bond acceptors (Lipinski definition) is 10. The summed E-state index contributed by atoms with van der Waals surface area (Å²) >= 11 is 12.9. The number of nitrogens with zero attached hydrogens (tertiary/aromatic N) is 5. The van der Waals surface area contributed by atoms with E-state index in [4.69, 9.17) is 47.7 Å².